The van der Waals surface area contributed by atoms with E-state index in [2.05, 4.69) is 4.98 Å². The molecule has 0 N–H and O–H groups in total. The van der Waals surface area contributed by atoms with E-state index in [-0.39, 0.29) is 24.8 Å². The zero-order valence-electron chi connectivity index (χ0n) is 15.9. The van der Waals surface area contributed by atoms with Crippen molar-refractivity contribution >= 4 is 11.9 Å². The molecule has 27 heavy (non-hydrogen) atoms. The molecule has 1 aromatic carbocycles. The van der Waals surface area contributed by atoms with Gasteiger partial charge in [-0.1, -0.05) is 0 Å². The molecule has 0 aliphatic heterocycles. The molecule has 8 heteroatoms. The SMILES string of the molecule is COC(=O)CCN(CCCn1ccnc1)C(=O)c1cc(OC)cc(OC)c1. The summed E-state index contributed by atoms with van der Waals surface area (Å²) in [5.41, 5.74) is 0.443. The highest BCUT2D eigenvalue weighted by atomic mass is 16.5. The lowest BCUT2D eigenvalue weighted by atomic mass is 10.1. The number of nitrogens with zero attached hydrogens (tertiary/aromatic N) is 3. The van der Waals surface area contributed by atoms with Crippen molar-refractivity contribution in [2.75, 3.05) is 34.4 Å². The number of benzene rings is 1. The van der Waals surface area contributed by atoms with Crippen LogP contribution in [0.5, 0.6) is 11.5 Å². The van der Waals surface area contributed by atoms with E-state index in [1.165, 1.54) is 21.3 Å². The van der Waals surface area contributed by atoms with Crippen molar-refractivity contribution in [1.82, 2.24) is 14.5 Å². The van der Waals surface area contributed by atoms with Crippen LogP contribution in [0.15, 0.2) is 36.9 Å². The predicted molar refractivity (Wildman–Crippen MR) is 98.9 cm³/mol. The van der Waals surface area contributed by atoms with Crippen molar-refractivity contribution in [3.8, 4) is 11.5 Å². The van der Waals surface area contributed by atoms with Gasteiger partial charge in [0.1, 0.15) is 11.5 Å². The van der Waals surface area contributed by atoms with Gasteiger partial charge in [0.15, 0.2) is 0 Å². The third-order valence-corrected chi connectivity index (χ3v) is 4.10. The van der Waals surface area contributed by atoms with E-state index >= 15 is 0 Å². The highest BCUT2D eigenvalue weighted by Crippen LogP contribution is 2.23. The summed E-state index contributed by atoms with van der Waals surface area (Å²) >= 11 is 0. The Morgan fingerprint density at radius 3 is 2.33 bits per heavy atom. The van der Waals surface area contributed by atoms with Crippen LogP contribution in [-0.4, -0.2) is 60.7 Å². The van der Waals surface area contributed by atoms with Gasteiger partial charge in [-0.05, 0) is 18.6 Å². The summed E-state index contributed by atoms with van der Waals surface area (Å²) in [6.07, 6.45) is 6.17. The van der Waals surface area contributed by atoms with Crippen molar-refractivity contribution in [1.29, 1.82) is 0 Å². The molecule has 0 fully saturated rings. The van der Waals surface area contributed by atoms with Crippen LogP contribution in [0, 0.1) is 0 Å². The molecular weight excluding hydrogens is 350 g/mol. The van der Waals surface area contributed by atoms with Crippen molar-refractivity contribution < 1.29 is 23.8 Å². The van der Waals surface area contributed by atoms with E-state index in [9.17, 15) is 9.59 Å². The first kappa shape index (κ1) is 20.3. The van der Waals surface area contributed by atoms with Gasteiger partial charge >= 0.3 is 5.97 Å². The van der Waals surface area contributed by atoms with Crippen LogP contribution in [0.1, 0.15) is 23.2 Å². The van der Waals surface area contributed by atoms with Gasteiger partial charge in [-0.2, -0.15) is 0 Å². The molecule has 0 unspecified atom stereocenters. The van der Waals surface area contributed by atoms with E-state index in [4.69, 9.17) is 14.2 Å². The molecule has 0 saturated carbocycles. The molecule has 0 saturated heterocycles. The second-order valence-electron chi connectivity index (χ2n) is 5.87. The topological polar surface area (TPSA) is 82.9 Å². The Hall–Kier alpha value is -3.03. The number of aromatic nitrogens is 2. The van der Waals surface area contributed by atoms with E-state index < -0.39 is 0 Å². The van der Waals surface area contributed by atoms with Gasteiger partial charge in [0.2, 0.25) is 0 Å². The maximum absolute atomic E-state index is 13.0. The first-order valence-electron chi connectivity index (χ1n) is 8.62. The number of carbonyl (C=O) groups is 2. The normalized spacial score (nSPS) is 10.3. The number of hydrogen-bond donors (Lipinski definition) is 0. The molecule has 0 aliphatic carbocycles. The van der Waals surface area contributed by atoms with Crippen LogP contribution in [0.2, 0.25) is 0 Å². The number of ether oxygens (including phenoxy) is 3. The fraction of sp³-hybridized carbons (Fsp3) is 0.421. The average molecular weight is 375 g/mol. The Morgan fingerprint density at radius 1 is 1.07 bits per heavy atom. The standard InChI is InChI=1S/C19H25N3O5/c1-25-16-11-15(12-17(13-16)26-2)19(24)22(9-5-18(23)27-3)8-4-7-21-10-6-20-14-21/h6,10-14H,4-5,7-9H2,1-3H3. The maximum atomic E-state index is 13.0. The van der Waals surface area contributed by atoms with Crippen molar-refractivity contribution in [3.05, 3.63) is 42.5 Å². The molecule has 0 atom stereocenters. The number of rotatable bonds is 10. The van der Waals surface area contributed by atoms with Crippen molar-refractivity contribution in [3.63, 3.8) is 0 Å². The van der Waals surface area contributed by atoms with Crippen LogP contribution < -0.4 is 9.47 Å². The Kier molecular flexibility index (Phi) is 7.66. The van der Waals surface area contributed by atoms with Crippen LogP contribution >= 0.6 is 0 Å². The first-order chi connectivity index (χ1) is 13.1. The van der Waals surface area contributed by atoms with Crippen LogP contribution in [0.25, 0.3) is 0 Å². The molecule has 0 bridgehead atoms. The molecule has 0 radical (unpaired) electrons. The first-order valence-corrected chi connectivity index (χ1v) is 8.62. The Balaban J connectivity index is 2.12. The summed E-state index contributed by atoms with van der Waals surface area (Å²) in [7, 11) is 4.40. The molecule has 2 rings (SSSR count). The minimum Gasteiger partial charge on any atom is -0.497 e. The van der Waals surface area contributed by atoms with Gasteiger partial charge in [0.05, 0.1) is 34.1 Å². The molecule has 1 heterocycles. The van der Waals surface area contributed by atoms with E-state index in [0.29, 0.717) is 23.6 Å². The van der Waals surface area contributed by atoms with Crippen LogP contribution in [-0.2, 0) is 16.1 Å². The molecule has 0 spiro atoms. The van der Waals surface area contributed by atoms with Crippen molar-refractivity contribution in [2.45, 2.75) is 19.4 Å². The Bertz CT molecular complexity index is 724. The lowest BCUT2D eigenvalue weighted by Crippen LogP contribution is -2.34. The van der Waals surface area contributed by atoms with Crippen LogP contribution in [0.3, 0.4) is 0 Å². The lowest BCUT2D eigenvalue weighted by Gasteiger charge is -2.23. The summed E-state index contributed by atoms with van der Waals surface area (Å²) in [5.74, 6) is 0.514. The zero-order valence-corrected chi connectivity index (χ0v) is 15.9. The Labute approximate surface area is 158 Å². The molecule has 8 nitrogen and oxygen atoms in total. The molecule has 1 amide bonds. The average Bonchev–Trinajstić information content (AvgIpc) is 3.22. The number of hydrogen-bond acceptors (Lipinski definition) is 6. The highest BCUT2D eigenvalue weighted by molar-refractivity contribution is 5.95. The highest BCUT2D eigenvalue weighted by Gasteiger charge is 2.19. The second-order valence-corrected chi connectivity index (χ2v) is 5.87. The van der Waals surface area contributed by atoms with E-state index in [1.54, 1.807) is 35.6 Å². The smallest absolute Gasteiger partial charge is 0.307 e. The van der Waals surface area contributed by atoms with Crippen LogP contribution in [0.4, 0.5) is 0 Å². The summed E-state index contributed by atoms with van der Waals surface area (Å²) in [5, 5.41) is 0. The third-order valence-electron chi connectivity index (χ3n) is 4.10. The number of imidazole rings is 1. The van der Waals surface area contributed by atoms with E-state index in [0.717, 1.165) is 13.0 Å². The number of esters is 1. The van der Waals surface area contributed by atoms with Crippen molar-refractivity contribution in [2.24, 2.45) is 0 Å². The molecule has 146 valence electrons. The largest absolute Gasteiger partial charge is 0.497 e. The van der Waals surface area contributed by atoms with Gasteiger partial charge in [-0.3, -0.25) is 9.59 Å². The minimum atomic E-state index is -0.356. The summed E-state index contributed by atoms with van der Waals surface area (Å²) in [4.78, 5) is 30.2. The summed E-state index contributed by atoms with van der Waals surface area (Å²) < 4.78 is 17.1. The monoisotopic (exact) mass is 375 g/mol. The second kappa shape index (κ2) is 10.2. The number of carbonyl (C=O) groups excluding carboxylic acids is 2. The number of aryl methyl sites for hydroxylation is 1. The third kappa shape index (κ3) is 6.02. The van der Waals surface area contributed by atoms with Gasteiger partial charge < -0.3 is 23.7 Å². The zero-order chi connectivity index (χ0) is 19.6. The molecule has 0 aliphatic rings. The van der Waals surface area contributed by atoms with Gasteiger partial charge in [0, 0.05) is 43.7 Å². The quantitative estimate of drug-likeness (QED) is 0.591. The van der Waals surface area contributed by atoms with Gasteiger partial charge in [0.25, 0.3) is 5.91 Å². The number of amides is 1. The lowest BCUT2D eigenvalue weighted by molar-refractivity contribution is -0.140. The Morgan fingerprint density at radius 2 is 1.78 bits per heavy atom. The molecular formula is C19H25N3O5. The maximum Gasteiger partial charge on any atom is 0.307 e. The summed E-state index contributed by atoms with van der Waals surface area (Å²) in [6.45, 7) is 1.49. The minimum absolute atomic E-state index is 0.133. The fourth-order valence-corrected chi connectivity index (χ4v) is 2.62. The number of methoxy groups -OCH3 is 3. The van der Waals surface area contributed by atoms with E-state index in [1.807, 2.05) is 10.8 Å². The summed E-state index contributed by atoms with van der Waals surface area (Å²) in [6, 6.07) is 5.02. The fourth-order valence-electron chi connectivity index (χ4n) is 2.62. The molecule has 2 aromatic rings. The predicted octanol–water partition coefficient (Wildman–Crippen LogP) is 2.00. The van der Waals surface area contributed by atoms with Gasteiger partial charge in [-0.15, -0.1) is 0 Å². The molecule has 1 aromatic heterocycles. The van der Waals surface area contributed by atoms with Gasteiger partial charge in [-0.25, -0.2) is 4.98 Å².